The molecule has 0 spiro atoms. The van der Waals surface area contributed by atoms with Crippen molar-refractivity contribution in [3.8, 4) is 5.75 Å². The van der Waals surface area contributed by atoms with Crippen molar-refractivity contribution in [3.05, 3.63) is 85.0 Å². The van der Waals surface area contributed by atoms with Gasteiger partial charge in [0.05, 0.1) is 13.7 Å². The summed E-state index contributed by atoms with van der Waals surface area (Å²) in [6.45, 7) is 7.44. The third kappa shape index (κ3) is 3.98. The third-order valence-electron chi connectivity index (χ3n) is 3.57. The van der Waals surface area contributed by atoms with E-state index in [-0.39, 0.29) is 12.1 Å². The van der Waals surface area contributed by atoms with Crippen LogP contribution in [0.3, 0.4) is 0 Å². The van der Waals surface area contributed by atoms with Crippen LogP contribution in [-0.2, 0) is 16.1 Å². The van der Waals surface area contributed by atoms with E-state index in [1.165, 1.54) is 0 Å². The smallest absolute Gasteiger partial charge is 0.261 e. The molecule has 4 nitrogen and oxygen atoms in total. The number of carbonyl (C=O) groups is 2. The van der Waals surface area contributed by atoms with E-state index in [0.29, 0.717) is 11.3 Å². The number of imide groups is 1. The van der Waals surface area contributed by atoms with Crippen LogP contribution in [0.5, 0.6) is 5.75 Å². The minimum absolute atomic E-state index is 0.138. The summed E-state index contributed by atoms with van der Waals surface area (Å²) in [7, 11) is 1.58. The lowest BCUT2D eigenvalue weighted by molar-refractivity contribution is -0.138. The molecule has 0 N–H and O–H groups in total. The molecule has 2 aromatic rings. The summed E-state index contributed by atoms with van der Waals surface area (Å²) in [6, 6.07) is 16.2. The van der Waals surface area contributed by atoms with Gasteiger partial charge in [-0.05, 0) is 29.3 Å². The Kier molecular flexibility index (Phi) is 5.68. The quantitative estimate of drug-likeness (QED) is 0.766. The van der Waals surface area contributed by atoms with E-state index >= 15 is 0 Å². The van der Waals surface area contributed by atoms with Gasteiger partial charge in [-0.3, -0.25) is 14.5 Å². The first kappa shape index (κ1) is 17.2. The molecule has 0 aliphatic heterocycles. The van der Waals surface area contributed by atoms with E-state index in [0.717, 1.165) is 16.5 Å². The Labute approximate surface area is 141 Å². The Morgan fingerprint density at radius 1 is 1.08 bits per heavy atom. The zero-order valence-electron chi connectivity index (χ0n) is 13.6. The van der Waals surface area contributed by atoms with Gasteiger partial charge in [-0.2, -0.15) is 0 Å². The van der Waals surface area contributed by atoms with Gasteiger partial charge in [-0.25, -0.2) is 0 Å². The lowest BCUT2D eigenvalue weighted by Gasteiger charge is -2.21. The number of carbonyl (C=O) groups excluding carboxylic acids is 2. The summed E-state index contributed by atoms with van der Waals surface area (Å²) >= 11 is 0. The number of rotatable bonds is 6. The van der Waals surface area contributed by atoms with E-state index < -0.39 is 11.8 Å². The molecule has 0 saturated carbocycles. The summed E-state index contributed by atoms with van der Waals surface area (Å²) < 4.78 is 5.11. The number of amides is 2. The highest BCUT2D eigenvalue weighted by molar-refractivity contribution is 6.23. The van der Waals surface area contributed by atoms with Crippen LogP contribution in [0, 0.1) is 0 Å². The van der Waals surface area contributed by atoms with Crippen LogP contribution >= 0.6 is 0 Å². The molecule has 0 unspecified atom stereocenters. The average molecular weight is 321 g/mol. The van der Waals surface area contributed by atoms with Crippen LogP contribution in [0.1, 0.15) is 11.1 Å². The number of hydrogen-bond acceptors (Lipinski definition) is 3. The van der Waals surface area contributed by atoms with Crippen LogP contribution in [0.25, 0.3) is 5.57 Å². The van der Waals surface area contributed by atoms with Gasteiger partial charge >= 0.3 is 0 Å². The first-order valence-corrected chi connectivity index (χ1v) is 7.42. The number of methoxy groups -OCH3 is 1. The van der Waals surface area contributed by atoms with Gasteiger partial charge in [0, 0.05) is 5.57 Å². The molecule has 0 heterocycles. The number of ether oxygens (including phenoxy) is 1. The molecule has 0 bridgehead atoms. The summed E-state index contributed by atoms with van der Waals surface area (Å²) in [5.74, 6) is -0.199. The molecule has 2 rings (SSSR count). The molecule has 0 aliphatic carbocycles. The minimum atomic E-state index is -0.465. The monoisotopic (exact) mass is 321 g/mol. The van der Waals surface area contributed by atoms with E-state index in [2.05, 4.69) is 13.2 Å². The second-order valence-corrected chi connectivity index (χ2v) is 5.13. The first-order valence-electron chi connectivity index (χ1n) is 7.42. The number of nitrogens with zero attached hydrogens (tertiary/aromatic N) is 1. The standard InChI is InChI=1S/C20H19NO3/c1-4-19(22)21(14-16-10-12-18(24-3)13-11-16)20(23)15(2)17-8-6-5-7-9-17/h4-13H,1-2,14H2,3H3. The maximum atomic E-state index is 12.7. The lowest BCUT2D eigenvalue weighted by atomic mass is 10.1. The van der Waals surface area contributed by atoms with Crippen molar-refractivity contribution < 1.29 is 14.3 Å². The molecular weight excluding hydrogens is 302 g/mol. The molecule has 0 radical (unpaired) electrons. The predicted octanol–water partition coefficient (Wildman–Crippen LogP) is 3.45. The maximum absolute atomic E-state index is 12.7. The van der Waals surface area contributed by atoms with Crippen molar-refractivity contribution in [1.82, 2.24) is 4.90 Å². The fourth-order valence-corrected chi connectivity index (χ4v) is 2.20. The van der Waals surface area contributed by atoms with Crippen LogP contribution in [0.2, 0.25) is 0 Å². The highest BCUT2D eigenvalue weighted by Crippen LogP contribution is 2.18. The van der Waals surface area contributed by atoms with Crippen molar-refractivity contribution in [1.29, 1.82) is 0 Å². The van der Waals surface area contributed by atoms with Crippen molar-refractivity contribution in [3.63, 3.8) is 0 Å². The van der Waals surface area contributed by atoms with Gasteiger partial charge in [0.1, 0.15) is 5.75 Å². The van der Waals surface area contributed by atoms with Gasteiger partial charge in [0.2, 0.25) is 0 Å². The Hall–Kier alpha value is -3.14. The van der Waals surface area contributed by atoms with Gasteiger partial charge in [0.25, 0.3) is 11.8 Å². The third-order valence-corrected chi connectivity index (χ3v) is 3.57. The first-order chi connectivity index (χ1) is 11.6. The molecule has 24 heavy (non-hydrogen) atoms. The van der Waals surface area contributed by atoms with Gasteiger partial charge in [-0.15, -0.1) is 0 Å². The van der Waals surface area contributed by atoms with Crippen molar-refractivity contribution in [2.75, 3.05) is 7.11 Å². The maximum Gasteiger partial charge on any atom is 0.261 e. The molecule has 0 saturated heterocycles. The molecule has 0 atom stereocenters. The Balaban J connectivity index is 2.24. The van der Waals surface area contributed by atoms with E-state index in [1.807, 2.05) is 18.2 Å². The van der Waals surface area contributed by atoms with Crippen LogP contribution < -0.4 is 4.74 Å². The van der Waals surface area contributed by atoms with Crippen molar-refractivity contribution in [2.45, 2.75) is 6.54 Å². The zero-order chi connectivity index (χ0) is 17.5. The normalized spacial score (nSPS) is 9.88. The topological polar surface area (TPSA) is 46.6 Å². The van der Waals surface area contributed by atoms with Crippen LogP contribution in [0.15, 0.2) is 73.8 Å². The molecule has 4 heteroatoms. The summed E-state index contributed by atoms with van der Waals surface area (Å²) in [5.41, 5.74) is 1.75. The largest absolute Gasteiger partial charge is 0.497 e. The molecule has 2 amide bonds. The number of benzene rings is 2. The van der Waals surface area contributed by atoms with Crippen LogP contribution in [0.4, 0.5) is 0 Å². The van der Waals surface area contributed by atoms with Crippen molar-refractivity contribution >= 4 is 17.4 Å². The second-order valence-electron chi connectivity index (χ2n) is 5.13. The minimum Gasteiger partial charge on any atom is -0.497 e. The van der Waals surface area contributed by atoms with Gasteiger partial charge in [-0.1, -0.05) is 55.6 Å². The summed E-state index contributed by atoms with van der Waals surface area (Å²) in [5, 5.41) is 0. The average Bonchev–Trinajstić information content (AvgIpc) is 2.65. The van der Waals surface area contributed by atoms with Gasteiger partial charge < -0.3 is 4.74 Å². The summed E-state index contributed by atoms with van der Waals surface area (Å²) in [6.07, 6.45) is 1.12. The SMILES string of the molecule is C=CC(=O)N(Cc1ccc(OC)cc1)C(=O)C(=C)c1ccccc1. The van der Waals surface area contributed by atoms with Crippen molar-refractivity contribution in [2.24, 2.45) is 0 Å². The molecule has 0 aliphatic rings. The molecule has 2 aromatic carbocycles. The molecule has 0 aromatic heterocycles. The highest BCUT2D eigenvalue weighted by Gasteiger charge is 2.22. The van der Waals surface area contributed by atoms with Crippen LogP contribution in [-0.4, -0.2) is 23.8 Å². The zero-order valence-corrected chi connectivity index (χ0v) is 13.6. The number of hydrogen-bond donors (Lipinski definition) is 0. The highest BCUT2D eigenvalue weighted by atomic mass is 16.5. The summed E-state index contributed by atoms with van der Waals surface area (Å²) in [4.78, 5) is 26.0. The van der Waals surface area contributed by atoms with E-state index in [1.54, 1.807) is 43.5 Å². The Bertz CT molecular complexity index is 748. The molecule has 122 valence electrons. The fourth-order valence-electron chi connectivity index (χ4n) is 2.20. The lowest BCUT2D eigenvalue weighted by Crippen LogP contribution is -2.35. The Morgan fingerprint density at radius 2 is 1.71 bits per heavy atom. The Morgan fingerprint density at radius 3 is 2.25 bits per heavy atom. The molecule has 0 fully saturated rings. The van der Waals surface area contributed by atoms with E-state index in [4.69, 9.17) is 4.74 Å². The molecular formula is C20H19NO3. The van der Waals surface area contributed by atoms with Gasteiger partial charge in [0.15, 0.2) is 0 Å². The fraction of sp³-hybridized carbons (Fsp3) is 0.100. The second kappa shape index (κ2) is 7.92. The van der Waals surface area contributed by atoms with E-state index in [9.17, 15) is 9.59 Å². The predicted molar refractivity (Wildman–Crippen MR) is 94.2 cm³/mol.